The van der Waals surface area contributed by atoms with E-state index < -0.39 is 0 Å². The van der Waals surface area contributed by atoms with Crippen LogP contribution in [0.25, 0.3) is 0 Å². The minimum atomic E-state index is -0.117. The highest BCUT2D eigenvalue weighted by molar-refractivity contribution is 5.96. The molecule has 1 fully saturated rings. The van der Waals surface area contributed by atoms with Gasteiger partial charge in [0.05, 0.1) is 26.5 Å². The zero-order chi connectivity index (χ0) is 13.0. The monoisotopic (exact) mass is 252 g/mol. The van der Waals surface area contributed by atoms with E-state index in [0.717, 1.165) is 19.4 Å². The highest BCUT2D eigenvalue weighted by Crippen LogP contribution is 2.22. The molecule has 0 N–H and O–H groups in total. The third-order valence-corrected chi connectivity index (χ3v) is 2.82. The first-order valence-electron chi connectivity index (χ1n) is 5.84. The van der Waals surface area contributed by atoms with Gasteiger partial charge in [-0.05, 0) is 12.8 Å². The van der Waals surface area contributed by atoms with Gasteiger partial charge in [0.25, 0.3) is 0 Å². The Balaban J connectivity index is 2.13. The maximum atomic E-state index is 12.1. The molecule has 0 radical (unpaired) electrons. The smallest absolute Gasteiger partial charge is 0.246 e. The third-order valence-electron chi connectivity index (χ3n) is 2.82. The molecule has 0 spiro atoms. The summed E-state index contributed by atoms with van der Waals surface area (Å²) in [7, 11) is 2.93. The topological polar surface area (TPSA) is 70.5 Å². The quantitative estimate of drug-likeness (QED) is 0.734. The van der Waals surface area contributed by atoms with Gasteiger partial charge in [0.2, 0.25) is 11.8 Å². The molecule has 1 atom stereocenters. The van der Waals surface area contributed by atoms with Crippen LogP contribution in [0.3, 0.4) is 0 Å². The van der Waals surface area contributed by atoms with Crippen molar-refractivity contribution in [2.75, 3.05) is 20.8 Å². The van der Waals surface area contributed by atoms with E-state index in [4.69, 9.17) is 14.2 Å². The molecule has 2 heterocycles. The van der Waals surface area contributed by atoms with Crippen LogP contribution in [-0.2, 0) is 4.74 Å². The van der Waals surface area contributed by atoms with Crippen LogP contribution in [0.1, 0.15) is 29.8 Å². The van der Waals surface area contributed by atoms with Crippen LogP contribution in [0.15, 0.2) is 6.20 Å². The van der Waals surface area contributed by atoms with Crippen molar-refractivity contribution in [2.45, 2.75) is 25.4 Å². The molecule has 6 nitrogen and oxygen atoms in total. The van der Waals surface area contributed by atoms with Crippen molar-refractivity contribution in [3.05, 3.63) is 11.9 Å². The number of aromatic nitrogens is 2. The Labute approximate surface area is 105 Å². The number of methoxy groups -OCH3 is 2. The summed E-state index contributed by atoms with van der Waals surface area (Å²) >= 11 is 0. The SMILES string of the molecule is COc1cnc(C(=O)CC2CCCO2)c(OC)n1. The van der Waals surface area contributed by atoms with Gasteiger partial charge in [-0.15, -0.1) is 0 Å². The first kappa shape index (κ1) is 12.8. The summed E-state index contributed by atoms with van der Waals surface area (Å²) < 4.78 is 15.4. The largest absolute Gasteiger partial charge is 0.480 e. The van der Waals surface area contributed by atoms with E-state index in [2.05, 4.69) is 9.97 Å². The molecule has 1 aliphatic rings. The standard InChI is InChI=1S/C12H16N2O4/c1-16-10-7-13-11(12(14-10)17-2)9(15)6-8-4-3-5-18-8/h7-8H,3-6H2,1-2H3. The maximum absolute atomic E-state index is 12.1. The van der Waals surface area contributed by atoms with Crippen molar-refractivity contribution < 1.29 is 19.0 Å². The molecule has 18 heavy (non-hydrogen) atoms. The normalized spacial score (nSPS) is 18.7. The summed E-state index contributed by atoms with van der Waals surface area (Å²) in [6.07, 6.45) is 3.63. The molecule has 1 aliphatic heterocycles. The summed E-state index contributed by atoms with van der Waals surface area (Å²) in [6.45, 7) is 0.726. The second kappa shape index (κ2) is 5.77. The lowest BCUT2D eigenvalue weighted by Crippen LogP contribution is -2.15. The molecular weight excluding hydrogens is 236 g/mol. The molecule has 2 rings (SSSR count). The van der Waals surface area contributed by atoms with Crippen LogP contribution in [0.4, 0.5) is 0 Å². The number of carbonyl (C=O) groups is 1. The minimum Gasteiger partial charge on any atom is -0.480 e. The Bertz CT molecular complexity index is 430. The average Bonchev–Trinajstić information content (AvgIpc) is 2.90. The predicted molar refractivity (Wildman–Crippen MR) is 63.1 cm³/mol. The molecule has 1 unspecified atom stereocenters. The minimum absolute atomic E-state index is 0.00823. The van der Waals surface area contributed by atoms with Crippen molar-refractivity contribution in [3.8, 4) is 11.8 Å². The van der Waals surface area contributed by atoms with Crippen molar-refractivity contribution in [1.82, 2.24) is 9.97 Å². The van der Waals surface area contributed by atoms with E-state index in [9.17, 15) is 4.79 Å². The van der Waals surface area contributed by atoms with Crippen molar-refractivity contribution in [2.24, 2.45) is 0 Å². The Hall–Kier alpha value is -1.69. The number of nitrogens with zero attached hydrogens (tertiary/aromatic N) is 2. The number of ketones is 1. The number of carbonyl (C=O) groups excluding carboxylic acids is 1. The molecule has 1 aromatic rings. The first-order valence-corrected chi connectivity index (χ1v) is 5.84. The highest BCUT2D eigenvalue weighted by Gasteiger charge is 2.23. The van der Waals surface area contributed by atoms with E-state index in [1.54, 1.807) is 0 Å². The summed E-state index contributed by atoms with van der Waals surface area (Å²) in [5.74, 6) is 0.395. The zero-order valence-corrected chi connectivity index (χ0v) is 10.5. The lowest BCUT2D eigenvalue weighted by Gasteiger charge is -2.10. The summed E-state index contributed by atoms with van der Waals surface area (Å²) in [6, 6.07) is 0. The molecule has 0 amide bonds. The molecule has 0 bridgehead atoms. The highest BCUT2D eigenvalue weighted by atomic mass is 16.5. The van der Waals surface area contributed by atoms with E-state index in [1.165, 1.54) is 20.4 Å². The van der Waals surface area contributed by atoms with Gasteiger partial charge in [-0.25, -0.2) is 4.98 Å². The summed E-state index contributed by atoms with van der Waals surface area (Å²) in [5, 5.41) is 0. The fourth-order valence-corrected chi connectivity index (χ4v) is 1.90. The Morgan fingerprint density at radius 2 is 2.33 bits per heavy atom. The molecule has 0 saturated carbocycles. The Morgan fingerprint density at radius 3 is 2.94 bits per heavy atom. The van der Waals surface area contributed by atoms with E-state index >= 15 is 0 Å². The molecule has 6 heteroatoms. The van der Waals surface area contributed by atoms with Crippen molar-refractivity contribution in [3.63, 3.8) is 0 Å². The summed E-state index contributed by atoms with van der Waals surface area (Å²) in [4.78, 5) is 20.2. The fraction of sp³-hybridized carbons (Fsp3) is 0.583. The second-order valence-electron chi connectivity index (χ2n) is 4.03. The Morgan fingerprint density at radius 1 is 1.50 bits per heavy atom. The van der Waals surface area contributed by atoms with E-state index in [1.807, 2.05) is 0 Å². The van der Waals surface area contributed by atoms with Gasteiger partial charge in [-0.1, -0.05) is 0 Å². The fourth-order valence-electron chi connectivity index (χ4n) is 1.90. The molecule has 0 aliphatic carbocycles. The first-order chi connectivity index (χ1) is 8.74. The predicted octanol–water partition coefficient (Wildman–Crippen LogP) is 1.25. The van der Waals surface area contributed by atoms with Gasteiger partial charge in [0.1, 0.15) is 0 Å². The summed E-state index contributed by atoms with van der Waals surface area (Å²) in [5.41, 5.74) is 0.230. The molecule has 98 valence electrons. The van der Waals surface area contributed by atoms with Gasteiger partial charge in [-0.2, -0.15) is 4.98 Å². The molecule has 1 aromatic heterocycles. The van der Waals surface area contributed by atoms with Crippen molar-refractivity contribution >= 4 is 5.78 Å². The number of hydrogen-bond acceptors (Lipinski definition) is 6. The number of hydrogen-bond donors (Lipinski definition) is 0. The Kier molecular flexibility index (Phi) is 4.09. The second-order valence-corrected chi connectivity index (χ2v) is 4.03. The van der Waals surface area contributed by atoms with Crippen LogP contribution in [0.5, 0.6) is 11.8 Å². The molecule has 0 aromatic carbocycles. The zero-order valence-electron chi connectivity index (χ0n) is 10.5. The van der Waals surface area contributed by atoms with Gasteiger partial charge in [0, 0.05) is 13.0 Å². The third kappa shape index (κ3) is 2.76. The van der Waals surface area contributed by atoms with Gasteiger partial charge in [0.15, 0.2) is 11.5 Å². The number of rotatable bonds is 5. The maximum Gasteiger partial charge on any atom is 0.246 e. The van der Waals surface area contributed by atoms with Crippen molar-refractivity contribution in [1.29, 1.82) is 0 Å². The van der Waals surface area contributed by atoms with E-state index in [-0.39, 0.29) is 23.5 Å². The van der Waals surface area contributed by atoms with Gasteiger partial charge < -0.3 is 14.2 Å². The van der Waals surface area contributed by atoms with Gasteiger partial charge in [-0.3, -0.25) is 4.79 Å². The number of Topliss-reactive ketones (excluding diaryl/α,β-unsaturated/α-hetero) is 1. The van der Waals surface area contributed by atoms with Crippen LogP contribution in [-0.4, -0.2) is 42.7 Å². The molecular formula is C12H16N2O4. The van der Waals surface area contributed by atoms with Crippen LogP contribution in [0, 0.1) is 0 Å². The number of ether oxygens (including phenoxy) is 3. The average molecular weight is 252 g/mol. The van der Waals surface area contributed by atoms with E-state index in [0.29, 0.717) is 12.3 Å². The molecule has 1 saturated heterocycles. The lowest BCUT2D eigenvalue weighted by molar-refractivity contribution is 0.0768. The lowest BCUT2D eigenvalue weighted by atomic mass is 10.1. The van der Waals surface area contributed by atoms with Gasteiger partial charge >= 0.3 is 0 Å². The van der Waals surface area contributed by atoms with Crippen LogP contribution in [0.2, 0.25) is 0 Å². The van der Waals surface area contributed by atoms with Crippen LogP contribution >= 0.6 is 0 Å². The van der Waals surface area contributed by atoms with Crippen LogP contribution < -0.4 is 9.47 Å².